The fourth-order valence-electron chi connectivity index (χ4n) is 0.656. The van der Waals surface area contributed by atoms with Gasteiger partial charge < -0.3 is 9.31 Å². The first-order valence-corrected chi connectivity index (χ1v) is 3.18. The van der Waals surface area contributed by atoms with Crippen LogP contribution in [0.3, 0.4) is 0 Å². The van der Waals surface area contributed by atoms with E-state index in [0.29, 0.717) is 0 Å². The van der Waals surface area contributed by atoms with Crippen molar-refractivity contribution in [3.8, 4) is 0 Å². The Bertz CT molecular complexity index is 160. The van der Waals surface area contributed by atoms with Crippen LogP contribution in [-0.4, -0.2) is 13.1 Å². The molecule has 0 aromatic rings. The largest absolute Gasteiger partial charge is 0.599 e. The summed E-state index contributed by atoms with van der Waals surface area (Å²) in [6.45, 7) is 7.20. The molecule has 1 rings (SSSR count). The van der Waals surface area contributed by atoms with Gasteiger partial charge in [0.05, 0.1) is 0 Å². The van der Waals surface area contributed by atoms with Crippen LogP contribution in [0.25, 0.3) is 0 Å². The van der Waals surface area contributed by atoms with E-state index in [4.69, 9.17) is 9.31 Å². The van der Waals surface area contributed by atoms with E-state index >= 15 is 0 Å². The van der Waals surface area contributed by atoms with Crippen LogP contribution in [-0.2, 0) is 14.1 Å². The molecule has 0 N–H and O–H groups in total. The summed E-state index contributed by atoms with van der Waals surface area (Å²) in [5.41, 5.74) is 0. The van der Waals surface area contributed by atoms with Gasteiger partial charge in [0.15, 0.2) is 5.76 Å². The summed E-state index contributed by atoms with van der Waals surface area (Å²) in [7, 11) is -0.431. The average Bonchev–Trinajstić information content (AvgIpc) is 2.13. The van der Waals surface area contributed by atoms with E-state index < -0.39 is 13.1 Å². The monoisotopic (exact) mass is 140 g/mol. The van der Waals surface area contributed by atoms with Gasteiger partial charge in [-0.2, -0.15) is 0 Å². The van der Waals surface area contributed by atoms with Gasteiger partial charge in [0.1, 0.15) is 0 Å². The van der Waals surface area contributed by atoms with Crippen molar-refractivity contribution < 1.29 is 14.1 Å². The third kappa shape index (κ3) is 1.15. The van der Waals surface area contributed by atoms with Gasteiger partial charge in [-0.3, -0.25) is 0 Å². The summed E-state index contributed by atoms with van der Waals surface area (Å²) in [5, 5.41) is 0. The molecule has 0 amide bonds. The summed E-state index contributed by atoms with van der Waals surface area (Å²) < 4.78 is 9.74. The molecule has 1 heterocycles. The maximum atomic E-state index is 10.6. The molecular formula is C6H9BO3. The van der Waals surface area contributed by atoms with E-state index in [9.17, 15) is 4.79 Å². The second-order valence-corrected chi connectivity index (χ2v) is 2.56. The van der Waals surface area contributed by atoms with Crippen molar-refractivity contribution in [2.24, 2.45) is 0 Å². The first-order chi connectivity index (χ1) is 4.61. The second-order valence-electron chi connectivity index (χ2n) is 2.56. The highest BCUT2D eigenvalue weighted by Crippen LogP contribution is 2.20. The van der Waals surface area contributed by atoms with E-state index in [1.54, 1.807) is 0 Å². The fourth-order valence-corrected chi connectivity index (χ4v) is 0.656. The predicted molar refractivity (Wildman–Crippen MR) is 37.2 cm³/mol. The molecular weight excluding hydrogens is 131 g/mol. The van der Waals surface area contributed by atoms with Crippen molar-refractivity contribution in [1.29, 1.82) is 0 Å². The van der Waals surface area contributed by atoms with E-state index in [1.807, 2.05) is 13.8 Å². The van der Waals surface area contributed by atoms with Crippen LogP contribution in [0.1, 0.15) is 13.8 Å². The molecule has 0 bridgehead atoms. The Morgan fingerprint density at radius 2 is 2.10 bits per heavy atom. The standard InChI is InChI=1S/C6H9BO3/c1-4(2)7-9-5(3)6(8)10-7/h4H,3H2,1-2H3. The van der Waals surface area contributed by atoms with Gasteiger partial charge in [-0.1, -0.05) is 20.4 Å². The minimum Gasteiger partial charge on any atom is -0.521 e. The molecule has 1 aliphatic rings. The summed E-state index contributed by atoms with van der Waals surface area (Å²) in [4.78, 5) is 10.6. The third-order valence-corrected chi connectivity index (χ3v) is 1.25. The third-order valence-electron chi connectivity index (χ3n) is 1.25. The Balaban J connectivity index is 2.57. The zero-order valence-electron chi connectivity index (χ0n) is 6.09. The van der Waals surface area contributed by atoms with E-state index in [2.05, 4.69) is 6.58 Å². The lowest BCUT2D eigenvalue weighted by molar-refractivity contribution is -0.129. The molecule has 1 fully saturated rings. The maximum absolute atomic E-state index is 10.6. The molecule has 0 unspecified atom stereocenters. The van der Waals surface area contributed by atoms with Crippen LogP contribution in [0.4, 0.5) is 0 Å². The van der Waals surface area contributed by atoms with Crippen LogP contribution >= 0.6 is 0 Å². The van der Waals surface area contributed by atoms with Crippen LogP contribution in [0.15, 0.2) is 12.3 Å². The minimum atomic E-state index is -0.446. The smallest absolute Gasteiger partial charge is 0.521 e. The van der Waals surface area contributed by atoms with Gasteiger partial charge in [-0.25, -0.2) is 4.79 Å². The molecule has 0 atom stereocenters. The Morgan fingerprint density at radius 3 is 2.30 bits per heavy atom. The summed E-state index contributed by atoms with van der Waals surface area (Å²) in [5.74, 6) is -0.152. The van der Waals surface area contributed by atoms with Gasteiger partial charge in [-0.15, -0.1) is 0 Å². The Hall–Kier alpha value is -0.925. The van der Waals surface area contributed by atoms with Crippen LogP contribution in [0, 0.1) is 0 Å². The average molecular weight is 140 g/mol. The number of hydrogen-bond acceptors (Lipinski definition) is 3. The minimum absolute atomic E-state index is 0.110. The van der Waals surface area contributed by atoms with E-state index in [0.717, 1.165) is 0 Å². The highest BCUT2D eigenvalue weighted by molar-refractivity contribution is 6.51. The zero-order valence-corrected chi connectivity index (χ0v) is 6.09. The van der Waals surface area contributed by atoms with Crippen molar-refractivity contribution >= 4 is 13.1 Å². The van der Waals surface area contributed by atoms with Gasteiger partial charge in [0.2, 0.25) is 0 Å². The molecule has 0 spiro atoms. The SMILES string of the molecule is C=C1OB(C(C)C)OC1=O. The van der Waals surface area contributed by atoms with Crippen molar-refractivity contribution in [2.45, 2.75) is 19.7 Å². The molecule has 1 aliphatic heterocycles. The zero-order chi connectivity index (χ0) is 7.72. The number of hydrogen-bond donors (Lipinski definition) is 0. The quantitative estimate of drug-likeness (QED) is 0.402. The molecule has 3 nitrogen and oxygen atoms in total. The van der Waals surface area contributed by atoms with Gasteiger partial charge in [0.25, 0.3) is 0 Å². The highest BCUT2D eigenvalue weighted by atomic mass is 16.7. The van der Waals surface area contributed by atoms with E-state index in [-0.39, 0.29) is 11.6 Å². The van der Waals surface area contributed by atoms with Crippen LogP contribution in [0.5, 0.6) is 0 Å². The van der Waals surface area contributed by atoms with Crippen molar-refractivity contribution in [3.63, 3.8) is 0 Å². The maximum Gasteiger partial charge on any atom is 0.599 e. The van der Waals surface area contributed by atoms with Crippen molar-refractivity contribution in [1.82, 2.24) is 0 Å². The number of carbonyl (C=O) groups excluding carboxylic acids is 1. The molecule has 0 aliphatic carbocycles. The molecule has 4 heteroatoms. The molecule has 0 aromatic carbocycles. The van der Waals surface area contributed by atoms with Gasteiger partial charge in [-0.05, 0) is 0 Å². The molecule has 10 heavy (non-hydrogen) atoms. The van der Waals surface area contributed by atoms with Gasteiger partial charge >= 0.3 is 13.1 Å². The lowest BCUT2D eigenvalue weighted by Crippen LogP contribution is -2.18. The number of carbonyl (C=O) groups is 1. The van der Waals surface area contributed by atoms with Crippen LogP contribution in [0.2, 0.25) is 5.82 Å². The van der Waals surface area contributed by atoms with Crippen molar-refractivity contribution in [2.75, 3.05) is 0 Å². The highest BCUT2D eigenvalue weighted by Gasteiger charge is 2.38. The molecule has 54 valence electrons. The molecule has 0 aromatic heterocycles. The first kappa shape index (κ1) is 7.19. The topological polar surface area (TPSA) is 35.5 Å². The Kier molecular flexibility index (Phi) is 1.70. The summed E-state index contributed by atoms with van der Waals surface area (Å²) in [6, 6.07) is 0. The van der Waals surface area contributed by atoms with Gasteiger partial charge in [0, 0.05) is 5.82 Å². The summed E-state index contributed by atoms with van der Waals surface area (Å²) >= 11 is 0. The second kappa shape index (κ2) is 2.36. The predicted octanol–water partition coefficient (Wildman–Crippen LogP) is 0.972. The van der Waals surface area contributed by atoms with Crippen LogP contribution < -0.4 is 0 Å². The van der Waals surface area contributed by atoms with Crippen molar-refractivity contribution in [3.05, 3.63) is 12.3 Å². The molecule has 0 radical (unpaired) electrons. The fraction of sp³-hybridized carbons (Fsp3) is 0.500. The molecule has 1 saturated heterocycles. The molecule has 0 saturated carbocycles. The Morgan fingerprint density at radius 1 is 1.50 bits per heavy atom. The lowest BCUT2D eigenvalue weighted by Gasteiger charge is -2.03. The summed E-state index contributed by atoms with van der Waals surface area (Å²) in [6.07, 6.45) is 0. The first-order valence-electron chi connectivity index (χ1n) is 3.18. The van der Waals surface area contributed by atoms with E-state index in [1.165, 1.54) is 0 Å². The Labute approximate surface area is 60.1 Å². The normalized spacial score (nSPS) is 17.7. The lowest BCUT2D eigenvalue weighted by atomic mass is 9.75. The number of rotatable bonds is 1.